The topological polar surface area (TPSA) is 37.8 Å². The predicted molar refractivity (Wildman–Crippen MR) is 72.1 cm³/mol. The van der Waals surface area contributed by atoms with Gasteiger partial charge < -0.3 is 5.32 Å². The molecule has 1 N–H and O–H groups in total. The number of rotatable bonds is 6. The third-order valence-corrected chi connectivity index (χ3v) is 3.64. The zero-order valence-corrected chi connectivity index (χ0v) is 11.4. The Morgan fingerprint density at radius 2 is 2.11 bits per heavy atom. The van der Waals surface area contributed by atoms with Crippen LogP contribution in [0.5, 0.6) is 0 Å². The maximum absolute atomic E-state index is 13.6. The molecule has 1 aromatic heterocycles. The maximum Gasteiger partial charge on any atom is 0.150 e. The first kappa shape index (κ1) is 14.0. The summed E-state index contributed by atoms with van der Waals surface area (Å²) >= 11 is 1.35. The van der Waals surface area contributed by atoms with Crippen LogP contribution in [0.15, 0.2) is 18.2 Å². The van der Waals surface area contributed by atoms with Gasteiger partial charge in [-0.25, -0.2) is 8.78 Å². The van der Waals surface area contributed by atoms with Crippen molar-refractivity contribution < 1.29 is 8.78 Å². The van der Waals surface area contributed by atoms with E-state index in [2.05, 4.69) is 22.4 Å². The summed E-state index contributed by atoms with van der Waals surface area (Å²) in [6.45, 7) is 3.93. The van der Waals surface area contributed by atoms with E-state index >= 15 is 0 Å². The summed E-state index contributed by atoms with van der Waals surface area (Å²) in [4.78, 5) is 0. The van der Waals surface area contributed by atoms with Crippen LogP contribution in [0.4, 0.5) is 8.78 Å². The van der Waals surface area contributed by atoms with Gasteiger partial charge in [-0.05, 0) is 31.6 Å². The average molecular weight is 283 g/mol. The van der Waals surface area contributed by atoms with Crippen molar-refractivity contribution in [2.24, 2.45) is 0 Å². The molecule has 0 aliphatic heterocycles. The highest BCUT2D eigenvalue weighted by Crippen LogP contribution is 2.26. The van der Waals surface area contributed by atoms with Crippen LogP contribution >= 0.6 is 11.3 Å². The van der Waals surface area contributed by atoms with Crippen LogP contribution in [-0.4, -0.2) is 23.3 Å². The summed E-state index contributed by atoms with van der Waals surface area (Å²) in [7, 11) is 0. The highest BCUT2D eigenvalue weighted by Gasteiger charge is 2.11. The van der Waals surface area contributed by atoms with Gasteiger partial charge in [-0.15, -0.1) is 10.2 Å². The molecule has 0 unspecified atom stereocenters. The van der Waals surface area contributed by atoms with Crippen LogP contribution in [0.3, 0.4) is 0 Å². The lowest BCUT2D eigenvalue weighted by molar-refractivity contribution is 0.585. The zero-order valence-electron chi connectivity index (χ0n) is 10.6. The minimum absolute atomic E-state index is 0.303. The van der Waals surface area contributed by atoms with Crippen LogP contribution in [0, 0.1) is 11.6 Å². The van der Waals surface area contributed by atoms with Gasteiger partial charge in [0, 0.05) is 18.1 Å². The number of nitrogens with zero attached hydrogens (tertiary/aromatic N) is 2. The molecule has 19 heavy (non-hydrogen) atoms. The molecule has 1 aromatic carbocycles. The Hall–Kier alpha value is -1.40. The van der Waals surface area contributed by atoms with Gasteiger partial charge in [0.2, 0.25) is 0 Å². The van der Waals surface area contributed by atoms with Gasteiger partial charge in [0.05, 0.1) is 0 Å². The molecule has 1 heterocycles. The lowest BCUT2D eigenvalue weighted by Gasteiger charge is -1.98. The molecular formula is C13H15F2N3S. The molecular weight excluding hydrogens is 268 g/mol. The van der Waals surface area contributed by atoms with Crippen molar-refractivity contribution >= 4 is 11.3 Å². The summed E-state index contributed by atoms with van der Waals surface area (Å²) in [6, 6.07) is 3.49. The molecule has 0 amide bonds. The molecule has 6 heteroatoms. The molecule has 0 saturated carbocycles. The summed E-state index contributed by atoms with van der Waals surface area (Å²) < 4.78 is 26.4. The monoisotopic (exact) mass is 283 g/mol. The number of hydrogen-bond donors (Lipinski definition) is 1. The molecule has 2 aromatic rings. The van der Waals surface area contributed by atoms with Crippen molar-refractivity contribution in [3.8, 4) is 10.6 Å². The first-order valence-electron chi connectivity index (χ1n) is 6.19. The van der Waals surface area contributed by atoms with Gasteiger partial charge >= 0.3 is 0 Å². The summed E-state index contributed by atoms with van der Waals surface area (Å²) in [6.07, 6.45) is 1.78. The Balaban J connectivity index is 2.04. The lowest BCUT2D eigenvalue weighted by Crippen LogP contribution is -2.14. The van der Waals surface area contributed by atoms with Gasteiger partial charge in [0.15, 0.2) is 5.01 Å². The molecule has 102 valence electrons. The summed E-state index contributed by atoms with van der Waals surface area (Å²) in [5.41, 5.74) is 0.303. The van der Waals surface area contributed by atoms with E-state index in [4.69, 9.17) is 0 Å². The smallest absolute Gasteiger partial charge is 0.150 e. The molecule has 0 spiro atoms. The first-order chi connectivity index (χ1) is 9.20. The molecule has 2 rings (SSSR count). The van der Waals surface area contributed by atoms with E-state index in [0.717, 1.165) is 37.0 Å². The standard InChI is InChI=1S/C13H15F2N3S/c1-2-16-7-3-4-12-17-18-13(19-12)10-6-5-9(14)8-11(10)15/h5-6,8,16H,2-4,7H2,1H3. The lowest BCUT2D eigenvalue weighted by atomic mass is 10.2. The number of halogens is 2. The second-order valence-corrected chi connectivity index (χ2v) is 5.14. The molecule has 0 bridgehead atoms. The van der Waals surface area contributed by atoms with E-state index in [1.165, 1.54) is 23.5 Å². The quantitative estimate of drug-likeness (QED) is 0.828. The molecule has 0 fully saturated rings. The number of hydrogen-bond acceptors (Lipinski definition) is 4. The van der Waals surface area contributed by atoms with Crippen LogP contribution < -0.4 is 5.32 Å². The van der Waals surface area contributed by atoms with Gasteiger partial charge in [0.25, 0.3) is 0 Å². The number of nitrogens with one attached hydrogen (secondary N) is 1. The Morgan fingerprint density at radius 1 is 1.26 bits per heavy atom. The average Bonchev–Trinajstić information content (AvgIpc) is 2.83. The van der Waals surface area contributed by atoms with Crippen molar-refractivity contribution in [1.29, 1.82) is 0 Å². The van der Waals surface area contributed by atoms with E-state index in [-0.39, 0.29) is 0 Å². The Bertz CT molecular complexity index is 542. The Kier molecular flexibility index (Phi) is 4.93. The van der Waals surface area contributed by atoms with Gasteiger partial charge in [-0.3, -0.25) is 0 Å². The number of benzene rings is 1. The van der Waals surface area contributed by atoms with Gasteiger partial charge in [0.1, 0.15) is 16.6 Å². The van der Waals surface area contributed by atoms with Gasteiger partial charge in [-0.1, -0.05) is 18.3 Å². The third-order valence-electron chi connectivity index (χ3n) is 2.62. The van der Waals surface area contributed by atoms with Crippen LogP contribution in [0.25, 0.3) is 10.6 Å². The molecule has 0 aliphatic rings. The van der Waals surface area contributed by atoms with Crippen LogP contribution in [-0.2, 0) is 6.42 Å². The fourth-order valence-corrected chi connectivity index (χ4v) is 2.58. The molecule has 0 saturated heterocycles. The molecule has 0 atom stereocenters. The minimum atomic E-state index is -0.602. The largest absolute Gasteiger partial charge is 0.317 e. The van der Waals surface area contributed by atoms with E-state index in [9.17, 15) is 8.78 Å². The minimum Gasteiger partial charge on any atom is -0.317 e. The normalized spacial score (nSPS) is 10.9. The predicted octanol–water partition coefficient (Wildman–Crippen LogP) is 3.03. The SMILES string of the molecule is CCNCCCc1nnc(-c2ccc(F)cc2F)s1. The van der Waals surface area contributed by atoms with Crippen molar-refractivity contribution in [3.63, 3.8) is 0 Å². The first-order valence-corrected chi connectivity index (χ1v) is 7.01. The Morgan fingerprint density at radius 3 is 2.84 bits per heavy atom. The third kappa shape index (κ3) is 3.78. The van der Waals surface area contributed by atoms with E-state index in [1.807, 2.05) is 0 Å². The number of aromatic nitrogens is 2. The zero-order chi connectivity index (χ0) is 13.7. The molecule has 3 nitrogen and oxygen atoms in total. The van der Waals surface area contributed by atoms with Crippen LogP contribution in [0.1, 0.15) is 18.4 Å². The van der Waals surface area contributed by atoms with E-state index in [0.29, 0.717) is 10.6 Å². The highest BCUT2D eigenvalue weighted by molar-refractivity contribution is 7.14. The van der Waals surface area contributed by atoms with Crippen molar-refractivity contribution in [2.75, 3.05) is 13.1 Å². The second kappa shape index (κ2) is 6.68. The fraction of sp³-hybridized carbons (Fsp3) is 0.385. The second-order valence-electron chi connectivity index (χ2n) is 4.08. The molecule has 0 aliphatic carbocycles. The van der Waals surface area contributed by atoms with E-state index in [1.54, 1.807) is 0 Å². The Labute approximate surface area is 114 Å². The van der Waals surface area contributed by atoms with E-state index < -0.39 is 11.6 Å². The summed E-state index contributed by atoms with van der Waals surface area (Å²) in [5, 5.41) is 12.6. The molecule has 0 radical (unpaired) electrons. The summed E-state index contributed by atoms with van der Waals surface area (Å²) in [5.74, 6) is -1.19. The van der Waals surface area contributed by atoms with Crippen LogP contribution in [0.2, 0.25) is 0 Å². The fourth-order valence-electron chi connectivity index (χ4n) is 1.67. The van der Waals surface area contributed by atoms with Gasteiger partial charge in [-0.2, -0.15) is 0 Å². The highest BCUT2D eigenvalue weighted by atomic mass is 32.1. The van der Waals surface area contributed by atoms with Crippen molar-refractivity contribution in [3.05, 3.63) is 34.8 Å². The number of aryl methyl sites for hydroxylation is 1. The van der Waals surface area contributed by atoms with Crippen molar-refractivity contribution in [1.82, 2.24) is 15.5 Å². The maximum atomic E-state index is 13.6. The van der Waals surface area contributed by atoms with Crippen molar-refractivity contribution in [2.45, 2.75) is 19.8 Å².